The van der Waals surface area contributed by atoms with E-state index in [1.54, 1.807) is 0 Å². The third kappa shape index (κ3) is 6.89. The maximum atomic E-state index is 4.38. The lowest BCUT2D eigenvalue weighted by Gasteiger charge is -2.26. The number of hydrogen-bond acceptors (Lipinski definition) is 0. The molecule has 0 heterocycles. The molecule has 0 fully saturated rings. The lowest BCUT2D eigenvalue weighted by atomic mass is 9.79. The molecule has 0 N–H and O–H groups in total. The highest BCUT2D eigenvalue weighted by Gasteiger charge is 2.21. The second-order valence-corrected chi connectivity index (χ2v) is 10.7. The van der Waals surface area contributed by atoms with Gasteiger partial charge in [-0.15, -0.1) is 0 Å². The topological polar surface area (TPSA) is 0 Å². The van der Waals surface area contributed by atoms with Gasteiger partial charge in [-0.05, 0) is 77.0 Å². The van der Waals surface area contributed by atoms with Gasteiger partial charge in [-0.1, -0.05) is 143 Å². The summed E-state index contributed by atoms with van der Waals surface area (Å²) in [7, 11) is 0. The van der Waals surface area contributed by atoms with Gasteiger partial charge in [0.15, 0.2) is 0 Å². The molecular weight excluding hydrogens is 444 g/mol. The van der Waals surface area contributed by atoms with Crippen molar-refractivity contribution >= 4 is 11.1 Å². The van der Waals surface area contributed by atoms with E-state index in [1.165, 1.54) is 39.0 Å². The molecule has 0 radical (unpaired) electrons. The average molecular weight is 487 g/mol. The van der Waals surface area contributed by atoms with Crippen molar-refractivity contribution in [3.8, 4) is 0 Å². The quantitative estimate of drug-likeness (QED) is 0.250. The van der Waals surface area contributed by atoms with Gasteiger partial charge in [0.25, 0.3) is 0 Å². The molecule has 1 aliphatic carbocycles. The predicted molar refractivity (Wildman–Crippen MR) is 163 cm³/mol. The average Bonchev–Trinajstić information content (AvgIpc) is 2.92. The number of aryl methyl sites for hydroxylation is 2. The van der Waals surface area contributed by atoms with Crippen LogP contribution >= 0.6 is 0 Å². The van der Waals surface area contributed by atoms with E-state index in [2.05, 4.69) is 137 Å². The van der Waals surface area contributed by atoms with Crippen LogP contribution in [-0.2, 0) is 6.42 Å². The maximum Gasteiger partial charge on any atom is 0.00842 e. The maximum absolute atomic E-state index is 4.38. The summed E-state index contributed by atoms with van der Waals surface area (Å²) >= 11 is 0. The molecule has 0 aliphatic heterocycles. The molecule has 3 atom stereocenters. The van der Waals surface area contributed by atoms with Crippen LogP contribution in [0.4, 0.5) is 0 Å². The fraction of sp³-hybridized carbons (Fsp3) is 0.297. The largest absolute Gasteiger partial charge is 0.0911 e. The van der Waals surface area contributed by atoms with Crippen LogP contribution in [0.3, 0.4) is 0 Å². The summed E-state index contributed by atoms with van der Waals surface area (Å²) in [6.45, 7) is 13.6. The molecule has 0 nitrogen and oxygen atoms in total. The predicted octanol–water partition coefficient (Wildman–Crippen LogP) is 10.5. The Bertz CT molecular complexity index is 1280. The van der Waals surface area contributed by atoms with Gasteiger partial charge in [-0.2, -0.15) is 0 Å². The van der Waals surface area contributed by atoms with Gasteiger partial charge in [-0.25, -0.2) is 0 Å². The molecule has 0 aromatic heterocycles. The van der Waals surface area contributed by atoms with E-state index in [-0.39, 0.29) is 0 Å². The van der Waals surface area contributed by atoms with Crippen LogP contribution in [0.2, 0.25) is 0 Å². The fourth-order valence-corrected chi connectivity index (χ4v) is 5.61. The molecule has 0 spiro atoms. The van der Waals surface area contributed by atoms with Crippen LogP contribution in [0.5, 0.6) is 0 Å². The lowest BCUT2D eigenvalue weighted by Crippen LogP contribution is -2.11. The summed E-state index contributed by atoms with van der Waals surface area (Å²) < 4.78 is 0. The Morgan fingerprint density at radius 1 is 0.919 bits per heavy atom. The molecule has 3 unspecified atom stereocenters. The second kappa shape index (κ2) is 12.7. The van der Waals surface area contributed by atoms with Crippen LogP contribution in [0.25, 0.3) is 11.1 Å². The van der Waals surface area contributed by atoms with Crippen molar-refractivity contribution in [2.75, 3.05) is 0 Å². The highest BCUT2D eigenvalue weighted by Crippen LogP contribution is 2.36. The van der Waals surface area contributed by atoms with Gasteiger partial charge in [-0.3, -0.25) is 0 Å². The van der Waals surface area contributed by atoms with E-state index in [9.17, 15) is 0 Å². The Hall–Kier alpha value is -3.38. The first kappa shape index (κ1) is 26.7. The van der Waals surface area contributed by atoms with Crippen LogP contribution < -0.4 is 0 Å². The summed E-state index contributed by atoms with van der Waals surface area (Å²) in [6, 6.07) is 26.7. The summed E-state index contributed by atoms with van der Waals surface area (Å²) in [5.74, 6) is 1.51. The first-order chi connectivity index (χ1) is 18.0. The molecule has 0 bridgehead atoms. The number of hydrogen-bond donors (Lipinski definition) is 0. The first-order valence-electron chi connectivity index (χ1n) is 14.0. The molecule has 37 heavy (non-hydrogen) atoms. The Balaban J connectivity index is 1.53. The number of allylic oxidation sites excluding steroid dienone is 7. The minimum absolute atomic E-state index is 0.466. The summed E-state index contributed by atoms with van der Waals surface area (Å²) in [6.07, 6.45) is 15.8. The Morgan fingerprint density at radius 2 is 1.65 bits per heavy atom. The zero-order valence-electron chi connectivity index (χ0n) is 23.1. The molecule has 190 valence electrons. The van der Waals surface area contributed by atoms with E-state index in [0.29, 0.717) is 17.8 Å². The van der Waals surface area contributed by atoms with Crippen molar-refractivity contribution in [3.63, 3.8) is 0 Å². The van der Waals surface area contributed by atoms with Crippen molar-refractivity contribution in [1.82, 2.24) is 0 Å². The SMILES string of the molecule is C=C(/C=C(\CCC)c1cc(C)cc(CCC(C)c2ccccc2C2C=CC=CC2C)c1)c1ccccc1. The normalized spacial score (nSPS) is 18.1. The molecule has 0 heteroatoms. The number of rotatable bonds is 10. The van der Waals surface area contributed by atoms with E-state index >= 15 is 0 Å². The van der Waals surface area contributed by atoms with Crippen molar-refractivity contribution in [3.05, 3.63) is 143 Å². The van der Waals surface area contributed by atoms with E-state index in [0.717, 1.165) is 31.3 Å². The molecule has 0 saturated heterocycles. The standard InChI is InChI=1S/C37H42/c1-6-14-33(25-30(5)32-16-8-7-9-17-32)34-24-27(2)23-31(26-34)22-21-29(4)36-19-12-13-20-37(36)35-18-11-10-15-28(35)3/h7-13,15-20,23-26,28-29,35H,5-6,14,21-22H2,1-4H3/b33-25+. The zero-order valence-corrected chi connectivity index (χ0v) is 23.1. The van der Waals surface area contributed by atoms with Gasteiger partial charge >= 0.3 is 0 Å². The Labute approximate surface area is 225 Å². The summed E-state index contributed by atoms with van der Waals surface area (Å²) in [5, 5.41) is 0. The molecule has 4 rings (SSSR count). The highest BCUT2D eigenvalue weighted by atomic mass is 14.3. The first-order valence-corrected chi connectivity index (χ1v) is 14.0. The third-order valence-corrected chi connectivity index (χ3v) is 7.68. The van der Waals surface area contributed by atoms with E-state index < -0.39 is 0 Å². The van der Waals surface area contributed by atoms with Crippen LogP contribution in [0.15, 0.2) is 110 Å². The van der Waals surface area contributed by atoms with E-state index in [4.69, 9.17) is 0 Å². The fourth-order valence-electron chi connectivity index (χ4n) is 5.61. The molecule has 0 saturated carbocycles. The molecular formula is C37H42. The summed E-state index contributed by atoms with van der Waals surface area (Å²) in [4.78, 5) is 0. The van der Waals surface area contributed by atoms with Crippen LogP contribution in [0.1, 0.15) is 85.3 Å². The van der Waals surface area contributed by atoms with Gasteiger partial charge in [0, 0.05) is 5.92 Å². The van der Waals surface area contributed by atoms with E-state index in [1.807, 2.05) is 0 Å². The second-order valence-electron chi connectivity index (χ2n) is 10.7. The molecule has 3 aromatic rings. The minimum Gasteiger partial charge on any atom is -0.0911 e. The van der Waals surface area contributed by atoms with Crippen LogP contribution in [-0.4, -0.2) is 0 Å². The number of benzene rings is 3. The van der Waals surface area contributed by atoms with Crippen molar-refractivity contribution in [2.45, 2.75) is 65.2 Å². The molecule has 0 amide bonds. The van der Waals surface area contributed by atoms with Crippen molar-refractivity contribution in [1.29, 1.82) is 0 Å². The van der Waals surface area contributed by atoms with Gasteiger partial charge in [0.1, 0.15) is 0 Å². The Morgan fingerprint density at radius 3 is 2.41 bits per heavy atom. The lowest BCUT2D eigenvalue weighted by molar-refractivity contribution is 0.608. The van der Waals surface area contributed by atoms with Gasteiger partial charge < -0.3 is 0 Å². The van der Waals surface area contributed by atoms with Crippen molar-refractivity contribution < 1.29 is 0 Å². The van der Waals surface area contributed by atoms with Gasteiger partial charge in [0.05, 0.1) is 0 Å². The van der Waals surface area contributed by atoms with Crippen molar-refractivity contribution in [2.24, 2.45) is 5.92 Å². The monoisotopic (exact) mass is 486 g/mol. The minimum atomic E-state index is 0.466. The summed E-state index contributed by atoms with van der Waals surface area (Å²) in [5.41, 5.74) is 10.7. The molecule has 3 aromatic carbocycles. The zero-order chi connectivity index (χ0) is 26.2. The Kier molecular flexibility index (Phi) is 9.18. The third-order valence-electron chi connectivity index (χ3n) is 7.68. The van der Waals surface area contributed by atoms with Crippen LogP contribution in [0, 0.1) is 12.8 Å². The smallest absolute Gasteiger partial charge is 0.00842 e. The van der Waals surface area contributed by atoms with Gasteiger partial charge in [0.2, 0.25) is 0 Å². The highest BCUT2D eigenvalue weighted by molar-refractivity contribution is 5.83. The molecule has 1 aliphatic rings.